The molecule has 0 saturated heterocycles. The summed E-state index contributed by atoms with van der Waals surface area (Å²) in [6, 6.07) is 7.71. The maximum Gasteiger partial charge on any atom is 0.227 e. The van der Waals surface area contributed by atoms with Crippen molar-refractivity contribution in [2.24, 2.45) is 24.6 Å². The number of rotatable bonds is 5. The highest BCUT2D eigenvalue weighted by molar-refractivity contribution is 5.93. The van der Waals surface area contributed by atoms with E-state index in [9.17, 15) is 4.79 Å². The quantitative estimate of drug-likeness (QED) is 0.791. The lowest BCUT2D eigenvalue weighted by Gasteiger charge is -2.17. The fraction of sp³-hybridized carbons (Fsp3) is 0.412. The summed E-state index contributed by atoms with van der Waals surface area (Å²) in [6.07, 6.45) is 6.73. The Morgan fingerprint density at radius 1 is 1.35 bits per heavy atom. The van der Waals surface area contributed by atoms with Crippen LogP contribution in [-0.2, 0) is 11.8 Å². The molecular formula is C17H23N5O. The van der Waals surface area contributed by atoms with E-state index >= 15 is 0 Å². The number of hydrogen-bond acceptors (Lipinski definition) is 4. The second-order valence-electron chi connectivity index (χ2n) is 6.13. The summed E-state index contributed by atoms with van der Waals surface area (Å²) < 4.78 is 1.74. The number of nitrogens with two attached hydrogens (primary N) is 1. The van der Waals surface area contributed by atoms with Gasteiger partial charge in [0.05, 0.1) is 11.9 Å². The molecule has 1 amide bonds. The second-order valence-corrected chi connectivity index (χ2v) is 6.13. The van der Waals surface area contributed by atoms with Gasteiger partial charge in [0.1, 0.15) is 0 Å². The maximum absolute atomic E-state index is 12.5. The molecule has 23 heavy (non-hydrogen) atoms. The second kappa shape index (κ2) is 6.83. The number of nitrogens with one attached hydrogen (secondary N) is 2. The predicted molar refractivity (Wildman–Crippen MR) is 91.4 cm³/mol. The van der Waals surface area contributed by atoms with Crippen molar-refractivity contribution in [2.45, 2.75) is 19.3 Å². The van der Waals surface area contributed by atoms with E-state index in [0.717, 1.165) is 36.3 Å². The molecule has 4 N–H and O–H groups in total. The standard InChI is InChI=1S/C17H23N5O/c1-22-11-15(10-19-22)20-13-5-3-6-14(8-13)21-17(23)16-7-2-4-12(16)9-18/h3,5-6,8,10-12,16,20H,2,4,7,9,18H2,1H3,(H,21,23)/t12-,16-/m1/s1. The molecule has 0 unspecified atom stereocenters. The first-order valence-electron chi connectivity index (χ1n) is 8.02. The Labute approximate surface area is 136 Å². The number of aromatic nitrogens is 2. The molecule has 3 rings (SSSR count). The minimum absolute atomic E-state index is 0.0370. The first-order chi connectivity index (χ1) is 11.2. The monoisotopic (exact) mass is 313 g/mol. The van der Waals surface area contributed by atoms with Gasteiger partial charge in [0.15, 0.2) is 0 Å². The lowest BCUT2D eigenvalue weighted by molar-refractivity contribution is -0.120. The van der Waals surface area contributed by atoms with Gasteiger partial charge in [0.2, 0.25) is 5.91 Å². The number of anilines is 3. The van der Waals surface area contributed by atoms with Crippen LogP contribution in [0.15, 0.2) is 36.7 Å². The van der Waals surface area contributed by atoms with Gasteiger partial charge >= 0.3 is 0 Å². The van der Waals surface area contributed by atoms with Crippen molar-refractivity contribution >= 4 is 23.0 Å². The third-order valence-corrected chi connectivity index (χ3v) is 4.42. The molecule has 2 aromatic rings. The molecule has 1 heterocycles. The largest absolute Gasteiger partial charge is 0.353 e. The normalized spacial score (nSPS) is 20.4. The van der Waals surface area contributed by atoms with E-state index in [0.29, 0.717) is 12.5 Å². The smallest absolute Gasteiger partial charge is 0.227 e. The minimum atomic E-state index is 0.0370. The maximum atomic E-state index is 12.5. The average molecular weight is 313 g/mol. The first kappa shape index (κ1) is 15.6. The molecule has 1 aliphatic carbocycles. The number of carbonyl (C=O) groups excluding carboxylic acids is 1. The van der Waals surface area contributed by atoms with E-state index in [4.69, 9.17) is 5.73 Å². The van der Waals surface area contributed by atoms with E-state index in [1.54, 1.807) is 10.9 Å². The van der Waals surface area contributed by atoms with Crippen molar-refractivity contribution in [3.05, 3.63) is 36.7 Å². The molecule has 0 spiro atoms. The number of amides is 1. The molecule has 122 valence electrons. The zero-order chi connectivity index (χ0) is 16.2. The third-order valence-electron chi connectivity index (χ3n) is 4.42. The van der Waals surface area contributed by atoms with Crippen molar-refractivity contribution < 1.29 is 4.79 Å². The fourth-order valence-corrected chi connectivity index (χ4v) is 3.23. The lowest BCUT2D eigenvalue weighted by Crippen LogP contribution is -2.29. The van der Waals surface area contributed by atoms with E-state index < -0.39 is 0 Å². The molecule has 6 nitrogen and oxygen atoms in total. The van der Waals surface area contributed by atoms with Gasteiger partial charge in [0, 0.05) is 30.5 Å². The molecule has 6 heteroatoms. The van der Waals surface area contributed by atoms with Gasteiger partial charge in [-0.2, -0.15) is 5.10 Å². The van der Waals surface area contributed by atoms with Crippen LogP contribution < -0.4 is 16.4 Å². The lowest BCUT2D eigenvalue weighted by atomic mass is 9.95. The highest BCUT2D eigenvalue weighted by Crippen LogP contribution is 2.32. The van der Waals surface area contributed by atoms with Gasteiger partial charge in [-0.15, -0.1) is 0 Å². The molecule has 1 saturated carbocycles. The number of hydrogen-bond donors (Lipinski definition) is 3. The van der Waals surface area contributed by atoms with Crippen LogP contribution in [-0.4, -0.2) is 22.2 Å². The number of benzene rings is 1. The van der Waals surface area contributed by atoms with Crippen molar-refractivity contribution in [1.29, 1.82) is 0 Å². The Morgan fingerprint density at radius 2 is 2.17 bits per heavy atom. The van der Waals surface area contributed by atoms with Crippen LogP contribution in [0.3, 0.4) is 0 Å². The van der Waals surface area contributed by atoms with Crippen molar-refractivity contribution in [3.63, 3.8) is 0 Å². The van der Waals surface area contributed by atoms with Crippen LogP contribution >= 0.6 is 0 Å². The molecule has 0 bridgehead atoms. The van der Waals surface area contributed by atoms with Gasteiger partial charge in [-0.1, -0.05) is 12.5 Å². The predicted octanol–water partition coefficient (Wildman–Crippen LogP) is 2.48. The van der Waals surface area contributed by atoms with Crippen LogP contribution in [0.2, 0.25) is 0 Å². The zero-order valence-electron chi connectivity index (χ0n) is 13.3. The van der Waals surface area contributed by atoms with Gasteiger partial charge in [0.25, 0.3) is 0 Å². The van der Waals surface area contributed by atoms with Crippen molar-refractivity contribution in [1.82, 2.24) is 9.78 Å². The van der Waals surface area contributed by atoms with Gasteiger partial charge in [-0.05, 0) is 43.5 Å². The summed E-state index contributed by atoms with van der Waals surface area (Å²) in [5.74, 6) is 0.429. The summed E-state index contributed by atoms with van der Waals surface area (Å²) in [5.41, 5.74) is 8.39. The molecule has 0 radical (unpaired) electrons. The molecule has 1 aromatic carbocycles. The molecule has 2 atom stereocenters. The topological polar surface area (TPSA) is 85.0 Å². The molecule has 0 aliphatic heterocycles. The van der Waals surface area contributed by atoms with E-state index in [1.807, 2.05) is 37.5 Å². The Hall–Kier alpha value is -2.34. The zero-order valence-corrected chi connectivity index (χ0v) is 13.3. The summed E-state index contributed by atoms with van der Waals surface area (Å²) in [5, 5.41) is 10.4. The molecule has 1 fully saturated rings. The summed E-state index contributed by atoms with van der Waals surface area (Å²) in [4.78, 5) is 12.5. The SMILES string of the molecule is Cn1cc(Nc2cccc(NC(=O)[C@@H]3CCC[C@@H]3CN)c2)cn1. The third kappa shape index (κ3) is 3.71. The highest BCUT2D eigenvalue weighted by atomic mass is 16.1. The summed E-state index contributed by atoms with van der Waals surface area (Å²) >= 11 is 0. The Kier molecular flexibility index (Phi) is 4.62. The molecular weight excluding hydrogens is 290 g/mol. The van der Waals surface area contributed by atoms with E-state index in [2.05, 4.69) is 15.7 Å². The van der Waals surface area contributed by atoms with Crippen LogP contribution in [0.4, 0.5) is 17.1 Å². The van der Waals surface area contributed by atoms with Gasteiger partial charge in [-0.3, -0.25) is 9.48 Å². The van der Waals surface area contributed by atoms with Crippen molar-refractivity contribution in [3.8, 4) is 0 Å². The van der Waals surface area contributed by atoms with Crippen molar-refractivity contribution in [2.75, 3.05) is 17.2 Å². The Balaban J connectivity index is 1.66. The average Bonchev–Trinajstić information content (AvgIpc) is 3.16. The van der Waals surface area contributed by atoms with E-state index in [-0.39, 0.29) is 11.8 Å². The Morgan fingerprint density at radius 3 is 2.91 bits per heavy atom. The molecule has 1 aliphatic rings. The summed E-state index contributed by atoms with van der Waals surface area (Å²) in [7, 11) is 1.87. The molecule has 1 aromatic heterocycles. The van der Waals surface area contributed by atoms with Gasteiger partial charge < -0.3 is 16.4 Å². The number of aryl methyl sites for hydroxylation is 1. The number of carbonyl (C=O) groups is 1. The number of nitrogens with zero attached hydrogens (tertiary/aromatic N) is 2. The van der Waals surface area contributed by atoms with Crippen LogP contribution in [0, 0.1) is 11.8 Å². The minimum Gasteiger partial charge on any atom is -0.353 e. The summed E-state index contributed by atoms with van der Waals surface area (Å²) in [6.45, 7) is 0.584. The Bertz CT molecular complexity index is 681. The van der Waals surface area contributed by atoms with Crippen LogP contribution in [0.1, 0.15) is 19.3 Å². The van der Waals surface area contributed by atoms with Crippen LogP contribution in [0.25, 0.3) is 0 Å². The first-order valence-corrected chi connectivity index (χ1v) is 8.02. The fourth-order valence-electron chi connectivity index (χ4n) is 3.23. The van der Waals surface area contributed by atoms with Gasteiger partial charge in [-0.25, -0.2) is 0 Å². The van der Waals surface area contributed by atoms with E-state index in [1.165, 1.54) is 0 Å². The highest BCUT2D eigenvalue weighted by Gasteiger charge is 2.31. The van der Waals surface area contributed by atoms with Crippen LogP contribution in [0.5, 0.6) is 0 Å².